The van der Waals surface area contributed by atoms with Crippen molar-refractivity contribution in [3.8, 4) is 0 Å². The highest BCUT2D eigenvalue weighted by molar-refractivity contribution is 15.0. The van der Waals surface area contributed by atoms with Gasteiger partial charge in [-0.25, -0.2) is 0 Å². The van der Waals surface area contributed by atoms with E-state index >= 15 is 0 Å². The van der Waals surface area contributed by atoms with E-state index in [-0.39, 0.29) is 12.6 Å². The zero-order valence-electron chi connectivity index (χ0n) is 6.33. The highest BCUT2D eigenvalue weighted by atomic mass is 128. The van der Waals surface area contributed by atoms with Gasteiger partial charge in [-0.2, -0.15) is 0 Å². The van der Waals surface area contributed by atoms with Crippen LogP contribution in [0.3, 0.4) is 0 Å². The van der Waals surface area contributed by atoms with Crippen molar-refractivity contribution in [1.29, 1.82) is 0 Å². The van der Waals surface area contributed by atoms with Crippen molar-refractivity contribution in [2.24, 2.45) is 0 Å². The summed E-state index contributed by atoms with van der Waals surface area (Å²) in [6.45, 7) is 0.0315. The second kappa shape index (κ2) is 7.27. The third-order valence-corrected chi connectivity index (χ3v) is 1.76. The molecule has 72 valence electrons. The molecule has 0 aromatic heterocycles. The fraction of sp³-hybridized carbons (Fsp3) is 0.833. The number of hydrogen-bond acceptors (Lipinski definition) is 3. The highest BCUT2D eigenvalue weighted by Crippen LogP contribution is 2.11. The fourth-order valence-electron chi connectivity index (χ4n) is 1.16. The maximum Gasteiger partial charge on any atom is 0.320 e. The standard InChI is InChI=1S/C6H11NO3.I2/c8-3-4-1-2-5(7-4)6(9)10;1-2/h4-5,7-8H,1-3H2,(H,9,10);. The maximum absolute atomic E-state index is 10.3. The Morgan fingerprint density at radius 2 is 2.08 bits per heavy atom. The van der Waals surface area contributed by atoms with Crippen LogP contribution in [0.2, 0.25) is 0 Å². The molecule has 1 aliphatic heterocycles. The lowest BCUT2D eigenvalue weighted by molar-refractivity contribution is -0.139. The first-order valence-electron chi connectivity index (χ1n) is 3.48. The molecule has 0 amide bonds. The van der Waals surface area contributed by atoms with Crippen LogP contribution in [-0.4, -0.2) is 34.9 Å². The molecule has 0 aliphatic carbocycles. The molecule has 4 nitrogen and oxygen atoms in total. The van der Waals surface area contributed by atoms with Gasteiger partial charge in [-0.1, -0.05) is 0 Å². The zero-order valence-corrected chi connectivity index (χ0v) is 10.6. The summed E-state index contributed by atoms with van der Waals surface area (Å²) in [4.78, 5) is 10.3. The molecule has 0 aromatic rings. The Morgan fingerprint density at radius 1 is 1.50 bits per heavy atom. The van der Waals surface area contributed by atoms with E-state index in [1.54, 1.807) is 0 Å². The monoisotopic (exact) mass is 399 g/mol. The Kier molecular flexibility index (Phi) is 7.79. The number of carboxylic acids is 1. The average molecular weight is 399 g/mol. The molecule has 1 fully saturated rings. The molecule has 0 radical (unpaired) electrons. The first-order valence-corrected chi connectivity index (χ1v) is 9.76. The van der Waals surface area contributed by atoms with Crippen LogP contribution in [0.4, 0.5) is 0 Å². The molecule has 3 N–H and O–H groups in total. The van der Waals surface area contributed by atoms with Gasteiger partial charge in [-0.3, -0.25) is 10.1 Å². The topological polar surface area (TPSA) is 69.6 Å². The molecule has 0 saturated carbocycles. The van der Waals surface area contributed by atoms with Crippen LogP contribution >= 0.6 is 37.2 Å². The minimum Gasteiger partial charge on any atom is -0.480 e. The van der Waals surface area contributed by atoms with Gasteiger partial charge >= 0.3 is 5.97 Å². The zero-order chi connectivity index (χ0) is 9.56. The van der Waals surface area contributed by atoms with Gasteiger partial charge in [0.25, 0.3) is 0 Å². The minimum absolute atomic E-state index is 0.0129. The van der Waals surface area contributed by atoms with Gasteiger partial charge in [-0.15, -0.1) is 0 Å². The number of hydrogen-bond donors (Lipinski definition) is 3. The number of aliphatic hydroxyl groups is 1. The van der Waals surface area contributed by atoms with Gasteiger partial charge < -0.3 is 10.2 Å². The second-order valence-corrected chi connectivity index (χ2v) is 2.51. The first-order chi connectivity index (χ1) is 5.74. The van der Waals surface area contributed by atoms with Crippen molar-refractivity contribution in [2.45, 2.75) is 24.9 Å². The first kappa shape index (κ1) is 12.8. The molecule has 1 heterocycles. The molecular formula is C6H11I2NO3. The second-order valence-electron chi connectivity index (χ2n) is 2.51. The minimum atomic E-state index is -0.823. The fourth-order valence-corrected chi connectivity index (χ4v) is 1.16. The van der Waals surface area contributed by atoms with Gasteiger partial charge in [0.2, 0.25) is 0 Å². The molecule has 1 aliphatic rings. The summed E-state index contributed by atoms with van der Waals surface area (Å²) in [5, 5.41) is 19.9. The van der Waals surface area contributed by atoms with Crippen LogP contribution in [0.25, 0.3) is 0 Å². The van der Waals surface area contributed by atoms with E-state index in [1.165, 1.54) is 0 Å². The number of carbonyl (C=O) groups is 1. The molecule has 12 heavy (non-hydrogen) atoms. The average Bonchev–Trinajstić information content (AvgIpc) is 2.55. The summed E-state index contributed by atoms with van der Waals surface area (Å²) in [5.41, 5.74) is 0. The van der Waals surface area contributed by atoms with Crippen LogP contribution in [0, 0.1) is 0 Å². The molecule has 2 atom stereocenters. The van der Waals surface area contributed by atoms with Gasteiger partial charge in [0, 0.05) is 43.3 Å². The lowest BCUT2D eigenvalue weighted by Crippen LogP contribution is -2.36. The third kappa shape index (κ3) is 4.19. The predicted molar refractivity (Wildman–Crippen MR) is 62.7 cm³/mol. The predicted octanol–water partition coefficient (Wildman–Crippen LogP) is 0.955. The molecule has 1 rings (SSSR count). The van der Waals surface area contributed by atoms with E-state index in [1.807, 2.05) is 0 Å². The maximum atomic E-state index is 10.3. The SMILES string of the molecule is II.O=C(O)C1CCC(CO)N1. The number of rotatable bonds is 2. The molecule has 2 unspecified atom stereocenters. The molecule has 0 bridgehead atoms. The van der Waals surface area contributed by atoms with Crippen molar-refractivity contribution in [2.75, 3.05) is 6.61 Å². The molecule has 1 saturated heterocycles. The van der Waals surface area contributed by atoms with E-state index in [2.05, 4.69) is 42.5 Å². The van der Waals surface area contributed by atoms with Gasteiger partial charge in [0.15, 0.2) is 0 Å². The van der Waals surface area contributed by atoms with E-state index in [9.17, 15) is 4.79 Å². The quantitative estimate of drug-likeness (QED) is 0.606. The van der Waals surface area contributed by atoms with Gasteiger partial charge in [0.1, 0.15) is 6.04 Å². The number of aliphatic carboxylic acids is 1. The Balaban J connectivity index is 0.000000561. The smallest absolute Gasteiger partial charge is 0.320 e. The van der Waals surface area contributed by atoms with Crippen molar-refractivity contribution in [3.05, 3.63) is 0 Å². The van der Waals surface area contributed by atoms with Crippen LogP contribution in [0.1, 0.15) is 12.8 Å². The van der Waals surface area contributed by atoms with E-state index in [0.29, 0.717) is 6.42 Å². The highest BCUT2D eigenvalue weighted by Gasteiger charge is 2.27. The molecule has 0 spiro atoms. The van der Waals surface area contributed by atoms with E-state index in [4.69, 9.17) is 10.2 Å². The largest absolute Gasteiger partial charge is 0.480 e. The van der Waals surface area contributed by atoms with Crippen LogP contribution < -0.4 is 5.32 Å². The number of aliphatic hydroxyl groups excluding tert-OH is 1. The van der Waals surface area contributed by atoms with Gasteiger partial charge in [0.05, 0.1) is 6.61 Å². The summed E-state index contributed by atoms with van der Waals surface area (Å²) in [7, 11) is 0. The lowest BCUT2D eigenvalue weighted by atomic mass is 10.2. The lowest BCUT2D eigenvalue weighted by Gasteiger charge is -2.06. The summed E-state index contributed by atoms with van der Waals surface area (Å²) in [5.74, 6) is -0.823. The van der Waals surface area contributed by atoms with E-state index in [0.717, 1.165) is 6.42 Å². The number of nitrogens with one attached hydrogen (secondary N) is 1. The summed E-state index contributed by atoms with van der Waals surface area (Å²) < 4.78 is 0. The van der Waals surface area contributed by atoms with Crippen molar-refractivity contribution in [1.82, 2.24) is 5.32 Å². The van der Waals surface area contributed by atoms with Crippen molar-refractivity contribution >= 4 is 43.2 Å². The van der Waals surface area contributed by atoms with Crippen molar-refractivity contribution < 1.29 is 15.0 Å². The van der Waals surface area contributed by atoms with Crippen LogP contribution in [0.5, 0.6) is 0 Å². The van der Waals surface area contributed by atoms with Crippen LogP contribution in [0.15, 0.2) is 0 Å². The molecule has 0 aromatic carbocycles. The Bertz CT molecular complexity index is 145. The molecule has 6 heteroatoms. The van der Waals surface area contributed by atoms with Gasteiger partial charge in [-0.05, 0) is 12.8 Å². The van der Waals surface area contributed by atoms with Crippen LogP contribution in [-0.2, 0) is 4.79 Å². The summed E-state index contributed by atoms with van der Waals surface area (Å²) >= 11 is 4.24. The summed E-state index contributed by atoms with van der Waals surface area (Å²) in [6.07, 6.45) is 1.38. The molecular weight excluding hydrogens is 388 g/mol. The number of halogens is 2. The Labute approximate surface area is 94.4 Å². The Morgan fingerprint density at radius 3 is 2.33 bits per heavy atom. The third-order valence-electron chi connectivity index (χ3n) is 1.76. The Hall–Kier alpha value is 0.850. The summed E-state index contributed by atoms with van der Waals surface area (Å²) in [6, 6.07) is -0.460. The normalized spacial score (nSPS) is 27.6. The van der Waals surface area contributed by atoms with Crippen molar-refractivity contribution in [3.63, 3.8) is 0 Å². The van der Waals surface area contributed by atoms with E-state index < -0.39 is 12.0 Å². The number of carboxylic acid groups (broad SMARTS) is 1.